The fourth-order valence-electron chi connectivity index (χ4n) is 2.29. The maximum Gasteiger partial charge on any atom is 0.307 e. The average molecular weight is 271 g/mol. The third-order valence-electron chi connectivity index (χ3n) is 3.22. The minimum atomic E-state index is -1.16. The topological polar surface area (TPSA) is 58.4 Å². The molecule has 1 aromatic carbocycles. The van der Waals surface area contributed by atoms with Crippen molar-refractivity contribution in [2.24, 2.45) is 0 Å². The standard InChI is InChI=1S/C12H15F2N3O2/c1-16-4-2-3-8(7-16)15-11-6-12(17(18)19)10(14)5-9(11)13/h5-6,8,15H,2-4,7H2,1H3. The molecule has 0 saturated carbocycles. The second-order valence-electron chi connectivity index (χ2n) is 4.79. The Hall–Kier alpha value is -1.76. The Balaban J connectivity index is 2.19. The van der Waals surface area contributed by atoms with E-state index in [1.165, 1.54) is 0 Å². The van der Waals surface area contributed by atoms with E-state index in [2.05, 4.69) is 10.2 Å². The van der Waals surface area contributed by atoms with Gasteiger partial charge in [-0.1, -0.05) is 0 Å². The molecule has 1 atom stereocenters. The molecule has 1 aliphatic heterocycles. The van der Waals surface area contributed by atoms with Crippen molar-refractivity contribution in [1.82, 2.24) is 4.90 Å². The summed E-state index contributed by atoms with van der Waals surface area (Å²) in [6.07, 6.45) is 1.83. The van der Waals surface area contributed by atoms with Crippen LogP contribution in [0.15, 0.2) is 12.1 Å². The van der Waals surface area contributed by atoms with Crippen molar-refractivity contribution >= 4 is 11.4 Å². The lowest BCUT2D eigenvalue weighted by Crippen LogP contribution is -2.39. The molecular weight excluding hydrogens is 256 g/mol. The van der Waals surface area contributed by atoms with Gasteiger partial charge in [-0.3, -0.25) is 10.1 Å². The largest absolute Gasteiger partial charge is 0.378 e. The van der Waals surface area contributed by atoms with Gasteiger partial charge < -0.3 is 10.2 Å². The molecule has 1 N–H and O–H groups in total. The molecule has 0 radical (unpaired) electrons. The molecule has 0 aliphatic carbocycles. The zero-order valence-electron chi connectivity index (χ0n) is 10.5. The number of nitro groups is 1. The van der Waals surface area contributed by atoms with Crippen LogP contribution in [0.5, 0.6) is 0 Å². The molecule has 2 rings (SSSR count). The summed E-state index contributed by atoms with van der Waals surface area (Å²) >= 11 is 0. The summed E-state index contributed by atoms with van der Waals surface area (Å²) in [6.45, 7) is 1.70. The molecule has 0 amide bonds. The minimum absolute atomic E-state index is 0.0123. The van der Waals surface area contributed by atoms with Gasteiger partial charge in [-0.2, -0.15) is 4.39 Å². The van der Waals surface area contributed by atoms with Crippen LogP contribution >= 0.6 is 0 Å². The number of halogens is 2. The Morgan fingerprint density at radius 1 is 1.42 bits per heavy atom. The molecule has 5 nitrogen and oxygen atoms in total. The van der Waals surface area contributed by atoms with E-state index in [0.717, 1.165) is 32.0 Å². The van der Waals surface area contributed by atoms with E-state index in [9.17, 15) is 18.9 Å². The van der Waals surface area contributed by atoms with E-state index in [1.807, 2.05) is 7.05 Å². The average Bonchev–Trinajstić information content (AvgIpc) is 2.32. The quantitative estimate of drug-likeness (QED) is 0.677. The predicted molar refractivity (Wildman–Crippen MR) is 67.2 cm³/mol. The van der Waals surface area contributed by atoms with Crippen molar-refractivity contribution < 1.29 is 13.7 Å². The lowest BCUT2D eigenvalue weighted by Gasteiger charge is -2.30. The molecule has 19 heavy (non-hydrogen) atoms. The van der Waals surface area contributed by atoms with Gasteiger partial charge in [-0.05, 0) is 26.4 Å². The Morgan fingerprint density at radius 3 is 2.79 bits per heavy atom. The number of rotatable bonds is 3. The van der Waals surface area contributed by atoms with Gasteiger partial charge in [-0.15, -0.1) is 0 Å². The van der Waals surface area contributed by atoms with Gasteiger partial charge in [0.05, 0.1) is 10.6 Å². The number of anilines is 1. The molecule has 0 spiro atoms. The Bertz CT molecular complexity index is 496. The highest BCUT2D eigenvalue weighted by Crippen LogP contribution is 2.26. The van der Waals surface area contributed by atoms with Crippen LogP contribution in [0.3, 0.4) is 0 Å². The summed E-state index contributed by atoms with van der Waals surface area (Å²) in [5.74, 6) is -1.97. The third-order valence-corrected chi connectivity index (χ3v) is 3.22. The summed E-state index contributed by atoms with van der Waals surface area (Å²) in [5, 5.41) is 13.6. The summed E-state index contributed by atoms with van der Waals surface area (Å²) in [5.41, 5.74) is -0.735. The fourth-order valence-corrected chi connectivity index (χ4v) is 2.29. The molecule has 1 heterocycles. The molecule has 1 aromatic rings. The van der Waals surface area contributed by atoms with E-state index in [0.29, 0.717) is 6.07 Å². The number of hydrogen-bond donors (Lipinski definition) is 1. The van der Waals surface area contributed by atoms with Crippen LogP contribution in [-0.4, -0.2) is 36.0 Å². The number of hydrogen-bond acceptors (Lipinski definition) is 4. The molecular formula is C12H15F2N3O2. The number of likely N-dealkylation sites (N-methyl/N-ethyl adjacent to an activating group) is 1. The second kappa shape index (κ2) is 5.48. The van der Waals surface area contributed by atoms with Gasteiger partial charge in [0.1, 0.15) is 5.82 Å². The lowest BCUT2D eigenvalue weighted by atomic mass is 10.1. The SMILES string of the molecule is CN1CCCC(Nc2cc([N+](=O)[O-])c(F)cc2F)C1. The first-order valence-corrected chi connectivity index (χ1v) is 6.06. The lowest BCUT2D eigenvalue weighted by molar-refractivity contribution is -0.387. The smallest absolute Gasteiger partial charge is 0.307 e. The predicted octanol–water partition coefficient (Wildman–Crippen LogP) is 2.38. The normalized spacial score (nSPS) is 20.3. The molecule has 0 bridgehead atoms. The van der Waals surface area contributed by atoms with Crippen LogP contribution in [0.2, 0.25) is 0 Å². The Labute approximate surface area is 109 Å². The van der Waals surface area contributed by atoms with Crippen molar-refractivity contribution in [2.45, 2.75) is 18.9 Å². The Morgan fingerprint density at radius 2 is 2.16 bits per heavy atom. The van der Waals surface area contributed by atoms with Crippen LogP contribution in [0.4, 0.5) is 20.2 Å². The molecule has 0 aromatic heterocycles. The van der Waals surface area contributed by atoms with Gasteiger partial charge in [0.15, 0.2) is 0 Å². The molecule has 1 fully saturated rings. The van der Waals surface area contributed by atoms with Crippen LogP contribution in [0.25, 0.3) is 0 Å². The van der Waals surface area contributed by atoms with Crippen molar-refractivity contribution in [3.8, 4) is 0 Å². The van der Waals surface area contributed by atoms with E-state index in [4.69, 9.17) is 0 Å². The second-order valence-corrected chi connectivity index (χ2v) is 4.79. The van der Waals surface area contributed by atoms with E-state index in [-0.39, 0.29) is 11.7 Å². The summed E-state index contributed by atoms with van der Waals surface area (Å²) in [7, 11) is 1.96. The molecule has 104 valence electrons. The molecule has 1 unspecified atom stereocenters. The van der Waals surface area contributed by atoms with Crippen LogP contribution in [0.1, 0.15) is 12.8 Å². The van der Waals surface area contributed by atoms with E-state index < -0.39 is 22.2 Å². The Kier molecular flexibility index (Phi) is 3.94. The number of nitrogens with one attached hydrogen (secondary N) is 1. The van der Waals surface area contributed by atoms with E-state index >= 15 is 0 Å². The van der Waals surface area contributed by atoms with Crippen molar-refractivity contribution in [1.29, 1.82) is 0 Å². The molecule has 1 saturated heterocycles. The fraction of sp³-hybridized carbons (Fsp3) is 0.500. The summed E-state index contributed by atoms with van der Waals surface area (Å²) in [4.78, 5) is 11.9. The van der Waals surface area contributed by atoms with E-state index in [1.54, 1.807) is 0 Å². The first kappa shape index (κ1) is 13.7. The third kappa shape index (κ3) is 3.17. The van der Waals surface area contributed by atoms with Crippen LogP contribution < -0.4 is 5.32 Å². The van der Waals surface area contributed by atoms with Crippen LogP contribution in [-0.2, 0) is 0 Å². The highest BCUT2D eigenvalue weighted by atomic mass is 19.1. The number of nitrogens with zero attached hydrogens (tertiary/aromatic N) is 2. The highest BCUT2D eigenvalue weighted by Gasteiger charge is 2.22. The van der Waals surface area contributed by atoms with Gasteiger partial charge in [0.2, 0.25) is 5.82 Å². The maximum absolute atomic E-state index is 13.6. The van der Waals surface area contributed by atoms with Crippen LogP contribution in [0, 0.1) is 21.7 Å². The first-order valence-electron chi connectivity index (χ1n) is 6.06. The maximum atomic E-state index is 13.6. The van der Waals surface area contributed by atoms with Crippen molar-refractivity contribution in [2.75, 3.05) is 25.5 Å². The zero-order chi connectivity index (χ0) is 14.0. The van der Waals surface area contributed by atoms with Crippen molar-refractivity contribution in [3.63, 3.8) is 0 Å². The van der Waals surface area contributed by atoms with Gasteiger partial charge in [-0.25, -0.2) is 4.39 Å². The first-order chi connectivity index (χ1) is 8.97. The van der Waals surface area contributed by atoms with Crippen molar-refractivity contribution in [3.05, 3.63) is 33.9 Å². The summed E-state index contributed by atoms with van der Waals surface area (Å²) in [6, 6.07) is 1.48. The molecule has 7 heteroatoms. The number of nitro benzene ring substituents is 1. The summed E-state index contributed by atoms with van der Waals surface area (Å²) < 4.78 is 26.8. The number of piperidine rings is 1. The monoisotopic (exact) mass is 271 g/mol. The zero-order valence-corrected chi connectivity index (χ0v) is 10.5. The highest BCUT2D eigenvalue weighted by molar-refractivity contribution is 5.53. The van der Waals surface area contributed by atoms with Gasteiger partial charge in [0.25, 0.3) is 0 Å². The number of likely N-dealkylation sites (tertiary alicyclic amines) is 1. The minimum Gasteiger partial charge on any atom is -0.378 e. The number of benzene rings is 1. The van der Waals surface area contributed by atoms with Gasteiger partial charge in [0, 0.05) is 24.7 Å². The molecule has 1 aliphatic rings. The van der Waals surface area contributed by atoms with Gasteiger partial charge >= 0.3 is 5.69 Å².